The zero-order chi connectivity index (χ0) is 16.7. The number of benzene rings is 1. The van der Waals surface area contributed by atoms with E-state index in [2.05, 4.69) is 43.4 Å². The van der Waals surface area contributed by atoms with Crippen LogP contribution in [0.25, 0.3) is 0 Å². The third kappa shape index (κ3) is 5.65. The second kappa shape index (κ2) is 9.07. The summed E-state index contributed by atoms with van der Waals surface area (Å²) < 4.78 is 0. The van der Waals surface area contributed by atoms with E-state index in [-0.39, 0.29) is 6.42 Å². The van der Waals surface area contributed by atoms with Crippen LogP contribution >= 0.6 is 0 Å². The maximum atomic E-state index is 10.6. The predicted molar refractivity (Wildman–Crippen MR) is 94.7 cm³/mol. The van der Waals surface area contributed by atoms with Gasteiger partial charge in [0.05, 0.1) is 0 Å². The van der Waals surface area contributed by atoms with Gasteiger partial charge in [0, 0.05) is 12.5 Å². The van der Waals surface area contributed by atoms with Crippen LogP contribution in [-0.2, 0) is 4.79 Å². The number of carbonyl (C=O) groups is 1. The summed E-state index contributed by atoms with van der Waals surface area (Å²) in [5.74, 6) is 0.518. The van der Waals surface area contributed by atoms with Gasteiger partial charge in [-0.3, -0.25) is 4.79 Å². The molecule has 0 amide bonds. The molecule has 1 aromatic rings. The normalized spacial score (nSPS) is 17.3. The van der Waals surface area contributed by atoms with Crippen LogP contribution < -0.4 is 5.32 Å². The Kier molecular flexibility index (Phi) is 7.10. The molecule has 1 aliphatic rings. The smallest absolute Gasteiger partial charge is 0.303 e. The first-order valence-corrected chi connectivity index (χ1v) is 9.13. The number of hydrogen-bond acceptors (Lipinski definition) is 2. The monoisotopic (exact) mass is 317 g/mol. The lowest BCUT2D eigenvalue weighted by Crippen LogP contribution is -2.27. The van der Waals surface area contributed by atoms with Gasteiger partial charge < -0.3 is 10.4 Å². The van der Waals surface area contributed by atoms with Gasteiger partial charge in [-0.15, -0.1) is 0 Å². The molecule has 1 fully saturated rings. The second-order valence-electron chi connectivity index (χ2n) is 7.17. The van der Waals surface area contributed by atoms with Crippen molar-refractivity contribution >= 4 is 5.97 Å². The Morgan fingerprint density at radius 1 is 1.17 bits per heavy atom. The van der Waals surface area contributed by atoms with E-state index in [9.17, 15) is 4.79 Å². The van der Waals surface area contributed by atoms with Gasteiger partial charge in [-0.05, 0) is 48.8 Å². The van der Waals surface area contributed by atoms with Crippen LogP contribution in [0.2, 0.25) is 0 Å². The Bertz CT molecular complexity index is 475. The number of nitrogens with one attached hydrogen (secondary N) is 1. The first kappa shape index (κ1) is 18.0. The van der Waals surface area contributed by atoms with E-state index in [0.29, 0.717) is 18.4 Å². The first-order chi connectivity index (χ1) is 11.1. The molecular weight excluding hydrogens is 286 g/mol. The highest BCUT2D eigenvalue weighted by atomic mass is 16.4. The van der Waals surface area contributed by atoms with Crippen molar-refractivity contribution in [3.05, 3.63) is 35.4 Å². The second-order valence-corrected chi connectivity index (χ2v) is 7.17. The molecule has 128 valence electrons. The summed E-state index contributed by atoms with van der Waals surface area (Å²) in [5.41, 5.74) is 2.80. The van der Waals surface area contributed by atoms with Crippen LogP contribution in [0.4, 0.5) is 0 Å². The number of carboxylic acids is 1. The van der Waals surface area contributed by atoms with Crippen molar-refractivity contribution in [2.24, 2.45) is 5.92 Å². The summed E-state index contributed by atoms with van der Waals surface area (Å²) in [5, 5.41) is 12.3. The molecule has 0 heterocycles. The van der Waals surface area contributed by atoms with E-state index < -0.39 is 5.97 Å². The molecule has 0 saturated heterocycles. The van der Waals surface area contributed by atoms with Crippen LogP contribution in [0.15, 0.2) is 24.3 Å². The lowest BCUT2D eigenvalue weighted by Gasteiger charge is -2.25. The van der Waals surface area contributed by atoms with Crippen molar-refractivity contribution in [2.45, 2.75) is 70.8 Å². The molecule has 1 aliphatic carbocycles. The zero-order valence-corrected chi connectivity index (χ0v) is 14.6. The highest BCUT2D eigenvalue weighted by molar-refractivity contribution is 5.66. The van der Waals surface area contributed by atoms with Gasteiger partial charge in [0.15, 0.2) is 0 Å². The van der Waals surface area contributed by atoms with Gasteiger partial charge in [-0.25, -0.2) is 0 Å². The fourth-order valence-electron chi connectivity index (χ4n) is 3.65. The summed E-state index contributed by atoms with van der Waals surface area (Å²) in [6.45, 7) is 5.17. The highest BCUT2D eigenvalue weighted by Crippen LogP contribution is 2.33. The summed E-state index contributed by atoms with van der Waals surface area (Å²) in [7, 11) is 0. The van der Waals surface area contributed by atoms with Crippen molar-refractivity contribution in [1.82, 2.24) is 5.32 Å². The van der Waals surface area contributed by atoms with Gasteiger partial charge in [0.1, 0.15) is 0 Å². The number of aliphatic carboxylic acids is 1. The van der Waals surface area contributed by atoms with Gasteiger partial charge in [-0.1, -0.05) is 57.4 Å². The van der Waals surface area contributed by atoms with E-state index in [0.717, 1.165) is 12.5 Å². The SMILES string of the molecule is CC(C)C(NCCCC(=O)O)c1ccc(C2CCCCC2)cc1. The Morgan fingerprint density at radius 2 is 1.83 bits per heavy atom. The van der Waals surface area contributed by atoms with Crippen molar-refractivity contribution < 1.29 is 9.90 Å². The van der Waals surface area contributed by atoms with Crippen LogP contribution in [0.1, 0.15) is 81.9 Å². The quantitative estimate of drug-likeness (QED) is 0.671. The molecule has 1 atom stereocenters. The Hall–Kier alpha value is -1.35. The largest absolute Gasteiger partial charge is 0.481 e. The zero-order valence-electron chi connectivity index (χ0n) is 14.6. The third-order valence-corrected chi connectivity index (χ3v) is 4.97. The minimum absolute atomic E-state index is 0.235. The van der Waals surface area contributed by atoms with E-state index in [4.69, 9.17) is 5.11 Å². The van der Waals surface area contributed by atoms with E-state index in [1.54, 1.807) is 0 Å². The molecule has 2 N–H and O–H groups in total. The third-order valence-electron chi connectivity index (χ3n) is 4.97. The topological polar surface area (TPSA) is 49.3 Å². The molecule has 3 nitrogen and oxygen atoms in total. The lowest BCUT2D eigenvalue weighted by molar-refractivity contribution is -0.137. The van der Waals surface area contributed by atoms with Crippen LogP contribution in [0.5, 0.6) is 0 Å². The van der Waals surface area contributed by atoms with Gasteiger partial charge in [0.25, 0.3) is 0 Å². The molecule has 0 radical (unpaired) electrons. The maximum Gasteiger partial charge on any atom is 0.303 e. The molecule has 3 heteroatoms. The molecule has 2 rings (SSSR count). The highest BCUT2D eigenvalue weighted by Gasteiger charge is 2.18. The van der Waals surface area contributed by atoms with Gasteiger partial charge in [0.2, 0.25) is 0 Å². The van der Waals surface area contributed by atoms with Crippen molar-refractivity contribution in [3.8, 4) is 0 Å². The van der Waals surface area contributed by atoms with Crippen molar-refractivity contribution in [3.63, 3.8) is 0 Å². The molecule has 0 spiro atoms. The lowest BCUT2D eigenvalue weighted by atomic mass is 9.83. The molecular formula is C20H31NO2. The minimum atomic E-state index is -0.718. The summed E-state index contributed by atoms with van der Waals surface area (Å²) >= 11 is 0. The number of rotatable bonds is 8. The summed E-state index contributed by atoms with van der Waals surface area (Å²) in [6, 6.07) is 9.43. The molecule has 1 aromatic carbocycles. The fourth-order valence-corrected chi connectivity index (χ4v) is 3.65. The molecule has 23 heavy (non-hydrogen) atoms. The van der Waals surface area contributed by atoms with Gasteiger partial charge in [-0.2, -0.15) is 0 Å². The van der Waals surface area contributed by atoms with E-state index >= 15 is 0 Å². The molecule has 1 unspecified atom stereocenters. The minimum Gasteiger partial charge on any atom is -0.481 e. The molecule has 0 aromatic heterocycles. The van der Waals surface area contributed by atoms with Crippen molar-refractivity contribution in [1.29, 1.82) is 0 Å². The van der Waals surface area contributed by atoms with Crippen molar-refractivity contribution in [2.75, 3.05) is 6.54 Å². The standard InChI is InChI=1S/C20H31NO2/c1-15(2)20(21-14-6-9-19(22)23)18-12-10-17(11-13-18)16-7-4-3-5-8-16/h10-13,15-16,20-21H,3-9,14H2,1-2H3,(H,22,23). The average molecular weight is 317 g/mol. The van der Waals surface area contributed by atoms with Gasteiger partial charge >= 0.3 is 5.97 Å². The van der Waals surface area contributed by atoms with Crippen LogP contribution in [0.3, 0.4) is 0 Å². The molecule has 1 saturated carbocycles. The van der Waals surface area contributed by atoms with Crippen LogP contribution in [0, 0.1) is 5.92 Å². The molecule has 0 aliphatic heterocycles. The fraction of sp³-hybridized carbons (Fsp3) is 0.650. The van der Waals surface area contributed by atoms with Crippen LogP contribution in [-0.4, -0.2) is 17.6 Å². The Morgan fingerprint density at radius 3 is 2.39 bits per heavy atom. The number of hydrogen-bond donors (Lipinski definition) is 2. The summed E-state index contributed by atoms with van der Waals surface area (Å²) in [6.07, 6.45) is 7.71. The predicted octanol–water partition coefficient (Wildman–Crippen LogP) is 4.89. The number of carboxylic acid groups (broad SMARTS) is 1. The Balaban J connectivity index is 1.94. The van der Waals surface area contributed by atoms with E-state index in [1.165, 1.54) is 43.2 Å². The summed E-state index contributed by atoms with van der Waals surface area (Å²) in [4.78, 5) is 10.6. The first-order valence-electron chi connectivity index (χ1n) is 9.13. The Labute approximate surface area is 140 Å². The average Bonchev–Trinajstić information content (AvgIpc) is 2.55. The molecule has 0 bridgehead atoms. The van der Waals surface area contributed by atoms with E-state index in [1.807, 2.05) is 0 Å². The maximum absolute atomic E-state index is 10.6.